The van der Waals surface area contributed by atoms with Gasteiger partial charge in [0, 0.05) is 13.8 Å². The van der Waals surface area contributed by atoms with Crippen molar-refractivity contribution in [3.8, 4) is 0 Å². The van der Waals surface area contributed by atoms with Gasteiger partial charge in [-0.2, -0.15) is 0 Å². The smallest absolute Gasteiger partial charge is 0.320 e. The maximum atomic E-state index is 10.6. The van der Waals surface area contributed by atoms with Crippen LogP contribution in [0, 0.1) is 0 Å². The van der Waals surface area contributed by atoms with Crippen LogP contribution in [0.25, 0.3) is 0 Å². The van der Waals surface area contributed by atoms with E-state index in [9.17, 15) is 9.59 Å². The molecule has 0 radical (unpaired) electrons. The lowest BCUT2D eigenvalue weighted by Gasteiger charge is -2.28. The van der Waals surface area contributed by atoms with Gasteiger partial charge >= 0.3 is 11.9 Å². The second kappa shape index (κ2) is 3.38. The highest BCUT2D eigenvalue weighted by Crippen LogP contribution is 2.18. The first-order valence-electron chi connectivity index (χ1n) is 2.93. The Morgan fingerprint density at radius 3 is 1.82 bits per heavy atom. The number of rotatable bonds is 0. The molecule has 1 aliphatic rings. The summed E-state index contributed by atoms with van der Waals surface area (Å²) in [5.41, 5.74) is 0. The standard InChI is InChI=1S/C6H8O4.HI/c1-6(2)9-4(7)3-5(8)10-6;/h3H2,1-2H3;1H. The predicted molar refractivity (Wildman–Crippen MR) is 46.3 cm³/mol. The zero-order valence-electron chi connectivity index (χ0n) is 6.25. The van der Waals surface area contributed by atoms with Crippen LogP contribution in [0.15, 0.2) is 0 Å². The van der Waals surface area contributed by atoms with Crippen LogP contribution in [0.5, 0.6) is 0 Å². The second-order valence-corrected chi connectivity index (χ2v) is 2.52. The largest absolute Gasteiger partial charge is 0.423 e. The lowest BCUT2D eigenvalue weighted by Crippen LogP contribution is -2.39. The van der Waals surface area contributed by atoms with E-state index in [0.29, 0.717) is 0 Å². The maximum absolute atomic E-state index is 10.6. The molecule has 0 aromatic rings. The Labute approximate surface area is 81.3 Å². The fourth-order valence-electron chi connectivity index (χ4n) is 0.759. The molecule has 64 valence electrons. The molecule has 0 bridgehead atoms. The zero-order valence-corrected chi connectivity index (χ0v) is 8.58. The molecule has 1 heterocycles. The van der Waals surface area contributed by atoms with E-state index in [4.69, 9.17) is 0 Å². The molecule has 0 spiro atoms. The van der Waals surface area contributed by atoms with Crippen LogP contribution in [0.2, 0.25) is 0 Å². The first-order valence-corrected chi connectivity index (χ1v) is 2.93. The second-order valence-electron chi connectivity index (χ2n) is 2.52. The summed E-state index contributed by atoms with van der Waals surface area (Å²) in [6, 6.07) is 0. The third-order valence-corrected chi connectivity index (χ3v) is 1.01. The molecule has 0 amide bonds. The normalized spacial score (nSPS) is 21.3. The summed E-state index contributed by atoms with van der Waals surface area (Å²) in [7, 11) is 0. The van der Waals surface area contributed by atoms with Crippen LogP contribution in [0.3, 0.4) is 0 Å². The minimum Gasteiger partial charge on any atom is -0.423 e. The summed E-state index contributed by atoms with van der Waals surface area (Å²) < 4.78 is 9.32. The Balaban J connectivity index is 0.000001000. The van der Waals surface area contributed by atoms with E-state index in [1.54, 1.807) is 0 Å². The number of hydrogen-bond acceptors (Lipinski definition) is 4. The van der Waals surface area contributed by atoms with Crippen LogP contribution in [-0.2, 0) is 19.1 Å². The predicted octanol–water partition coefficient (Wildman–Crippen LogP) is 0.831. The molecule has 4 nitrogen and oxygen atoms in total. The fourth-order valence-corrected chi connectivity index (χ4v) is 0.759. The number of esters is 2. The highest BCUT2D eigenvalue weighted by molar-refractivity contribution is 14.0. The minimum atomic E-state index is -1.08. The maximum Gasteiger partial charge on any atom is 0.320 e. The van der Waals surface area contributed by atoms with E-state index >= 15 is 0 Å². The molecule has 1 rings (SSSR count). The first-order chi connectivity index (χ1) is 4.49. The van der Waals surface area contributed by atoms with Crippen LogP contribution in [0.4, 0.5) is 0 Å². The third kappa shape index (κ3) is 3.04. The molecule has 0 saturated carbocycles. The van der Waals surface area contributed by atoms with Gasteiger partial charge in [0.25, 0.3) is 5.79 Å². The lowest BCUT2D eigenvalue weighted by molar-refractivity contribution is -0.231. The van der Waals surface area contributed by atoms with E-state index in [2.05, 4.69) is 9.47 Å². The van der Waals surface area contributed by atoms with Gasteiger partial charge in [0.2, 0.25) is 0 Å². The van der Waals surface area contributed by atoms with Crippen molar-refractivity contribution in [3.05, 3.63) is 0 Å². The van der Waals surface area contributed by atoms with Crippen LogP contribution < -0.4 is 0 Å². The summed E-state index contributed by atoms with van der Waals surface area (Å²) in [5, 5.41) is 0. The molecule has 5 heteroatoms. The number of halogens is 1. The summed E-state index contributed by atoms with van der Waals surface area (Å²) in [6.07, 6.45) is -0.274. The average Bonchev–Trinajstić information content (AvgIpc) is 1.54. The highest BCUT2D eigenvalue weighted by Gasteiger charge is 2.34. The van der Waals surface area contributed by atoms with Gasteiger partial charge in [-0.05, 0) is 0 Å². The van der Waals surface area contributed by atoms with Crippen LogP contribution in [-0.4, -0.2) is 17.7 Å². The average molecular weight is 272 g/mol. The number of carbonyl (C=O) groups is 2. The molecular weight excluding hydrogens is 263 g/mol. The van der Waals surface area contributed by atoms with Crippen molar-refractivity contribution in [2.24, 2.45) is 0 Å². The highest BCUT2D eigenvalue weighted by atomic mass is 127. The summed E-state index contributed by atoms with van der Waals surface area (Å²) >= 11 is 0. The summed E-state index contributed by atoms with van der Waals surface area (Å²) in [6.45, 7) is 3.03. The zero-order chi connectivity index (χ0) is 7.78. The third-order valence-electron chi connectivity index (χ3n) is 1.01. The van der Waals surface area contributed by atoms with Gasteiger partial charge in [0.15, 0.2) is 0 Å². The SMILES string of the molecule is CC1(C)OC(=O)CC(=O)O1.I. The molecule has 0 aromatic carbocycles. The Kier molecular flexibility index (Phi) is 3.28. The Morgan fingerprint density at radius 2 is 1.55 bits per heavy atom. The monoisotopic (exact) mass is 272 g/mol. The van der Waals surface area contributed by atoms with E-state index in [0.717, 1.165) is 0 Å². The Morgan fingerprint density at radius 1 is 1.18 bits per heavy atom. The van der Waals surface area contributed by atoms with Crippen molar-refractivity contribution < 1.29 is 19.1 Å². The quantitative estimate of drug-likeness (QED) is 0.372. The molecule has 0 unspecified atom stereocenters. The van der Waals surface area contributed by atoms with Crippen molar-refractivity contribution in [1.29, 1.82) is 0 Å². The van der Waals surface area contributed by atoms with Crippen molar-refractivity contribution in [2.75, 3.05) is 0 Å². The van der Waals surface area contributed by atoms with E-state index in [1.807, 2.05) is 0 Å². The first kappa shape index (κ1) is 10.7. The molecule has 1 saturated heterocycles. The molecule has 1 aliphatic heterocycles. The molecule has 1 fully saturated rings. The van der Waals surface area contributed by atoms with Crippen molar-refractivity contribution in [2.45, 2.75) is 26.1 Å². The van der Waals surface area contributed by atoms with Gasteiger partial charge in [-0.3, -0.25) is 9.59 Å². The van der Waals surface area contributed by atoms with Gasteiger partial charge in [0.05, 0.1) is 0 Å². The summed E-state index contributed by atoms with van der Waals surface area (Å²) in [5.74, 6) is -2.13. The molecule has 0 N–H and O–H groups in total. The van der Waals surface area contributed by atoms with Gasteiger partial charge in [0.1, 0.15) is 6.42 Å². The van der Waals surface area contributed by atoms with E-state index in [1.165, 1.54) is 13.8 Å². The lowest BCUT2D eigenvalue weighted by atomic mass is 10.3. The van der Waals surface area contributed by atoms with Gasteiger partial charge in [-0.25, -0.2) is 0 Å². The topological polar surface area (TPSA) is 52.6 Å². The van der Waals surface area contributed by atoms with Crippen molar-refractivity contribution in [1.82, 2.24) is 0 Å². The van der Waals surface area contributed by atoms with Crippen molar-refractivity contribution >= 4 is 35.9 Å². The molecule has 0 aromatic heterocycles. The van der Waals surface area contributed by atoms with Crippen LogP contribution >= 0.6 is 24.0 Å². The number of ether oxygens (including phenoxy) is 2. The molecule has 0 atom stereocenters. The van der Waals surface area contributed by atoms with Crippen molar-refractivity contribution in [3.63, 3.8) is 0 Å². The number of cyclic esters (lactones) is 2. The summed E-state index contributed by atoms with van der Waals surface area (Å²) in [4.78, 5) is 21.1. The van der Waals surface area contributed by atoms with E-state index in [-0.39, 0.29) is 30.4 Å². The Bertz CT molecular complexity index is 169. The van der Waals surface area contributed by atoms with E-state index < -0.39 is 17.7 Å². The molecule has 11 heavy (non-hydrogen) atoms. The fraction of sp³-hybridized carbons (Fsp3) is 0.667. The number of hydrogen-bond donors (Lipinski definition) is 0. The Hall–Kier alpha value is -0.330. The van der Waals surface area contributed by atoms with Gasteiger partial charge < -0.3 is 9.47 Å². The van der Waals surface area contributed by atoms with Crippen LogP contribution in [0.1, 0.15) is 20.3 Å². The van der Waals surface area contributed by atoms with Gasteiger partial charge in [-0.15, -0.1) is 24.0 Å². The molecule has 0 aliphatic carbocycles. The van der Waals surface area contributed by atoms with Gasteiger partial charge in [-0.1, -0.05) is 0 Å². The number of carbonyl (C=O) groups excluding carboxylic acids is 2. The molecular formula is C6H9IO4. The minimum absolute atomic E-state index is 0.